The fourth-order valence-electron chi connectivity index (χ4n) is 2.74. The van der Waals surface area contributed by atoms with Crippen LogP contribution in [-0.2, 0) is 4.79 Å². The van der Waals surface area contributed by atoms with Crippen LogP contribution in [0.2, 0.25) is 0 Å². The second kappa shape index (κ2) is 6.64. The molecule has 1 aliphatic rings. The van der Waals surface area contributed by atoms with Crippen LogP contribution in [-0.4, -0.2) is 17.0 Å². The molecule has 1 saturated heterocycles. The SMILES string of the molecule is C=C1NC(=O)N[C@@H](c2cccc(O)c2)[C@H]1C(=O)Nc1ccc(F)cc1. The van der Waals surface area contributed by atoms with Crippen LogP contribution >= 0.6 is 0 Å². The van der Waals surface area contributed by atoms with Gasteiger partial charge in [-0.15, -0.1) is 0 Å². The van der Waals surface area contributed by atoms with Gasteiger partial charge in [-0.05, 0) is 42.0 Å². The number of hydrogen-bond acceptors (Lipinski definition) is 3. The van der Waals surface area contributed by atoms with E-state index in [0.29, 0.717) is 11.3 Å². The smallest absolute Gasteiger partial charge is 0.319 e. The third-order valence-corrected chi connectivity index (χ3v) is 3.89. The van der Waals surface area contributed by atoms with Gasteiger partial charge in [-0.25, -0.2) is 9.18 Å². The molecule has 0 bridgehead atoms. The number of anilines is 1. The Morgan fingerprint density at radius 3 is 2.60 bits per heavy atom. The number of carbonyl (C=O) groups excluding carboxylic acids is 2. The molecule has 4 N–H and O–H groups in total. The van der Waals surface area contributed by atoms with Crippen molar-refractivity contribution in [2.75, 3.05) is 5.32 Å². The summed E-state index contributed by atoms with van der Waals surface area (Å²) < 4.78 is 13.0. The molecule has 2 aromatic carbocycles. The predicted octanol–water partition coefficient (Wildman–Crippen LogP) is 2.65. The molecule has 0 aromatic heterocycles. The Labute approximate surface area is 143 Å². The van der Waals surface area contributed by atoms with E-state index in [-0.39, 0.29) is 11.4 Å². The molecule has 0 aliphatic carbocycles. The molecule has 0 unspecified atom stereocenters. The first-order valence-electron chi connectivity index (χ1n) is 7.56. The Hall–Kier alpha value is -3.35. The van der Waals surface area contributed by atoms with Crippen molar-refractivity contribution in [3.8, 4) is 5.75 Å². The molecule has 3 amide bonds. The number of benzene rings is 2. The normalized spacial score (nSPS) is 19.7. The first-order valence-corrected chi connectivity index (χ1v) is 7.56. The number of nitrogens with one attached hydrogen (secondary N) is 3. The highest BCUT2D eigenvalue weighted by Gasteiger charge is 2.37. The minimum atomic E-state index is -0.815. The molecular weight excluding hydrogens is 325 g/mol. The minimum absolute atomic E-state index is 0.0218. The van der Waals surface area contributed by atoms with Crippen LogP contribution < -0.4 is 16.0 Å². The summed E-state index contributed by atoms with van der Waals surface area (Å²) in [5.41, 5.74) is 1.22. The molecule has 1 heterocycles. The zero-order valence-electron chi connectivity index (χ0n) is 13.1. The fraction of sp³-hybridized carbons (Fsp3) is 0.111. The largest absolute Gasteiger partial charge is 0.508 e. The highest BCUT2D eigenvalue weighted by Crippen LogP contribution is 2.31. The maximum absolute atomic E-state index is 13.0. The van der Waals surface area contributed by atoms with Gasteiger partial charge in [-0.2, -0.15) is 0 Å². The van der Waals surface area contributed by atoms with Gasteiger partial charge in [0.15, 0.2) is 0 Å². The summed E-state index contributed by atoms with van der Waals surface area (Å²) in [6, 6.07) is 10.4. The third-order valence-electron chi connectivity index (χ3n) is 3.89. The molecule has 0 spiro atoms. The fourth-order valence-corrected chi connectivity index (χ4v) is 2.74. The van der Waals surface area contributed by atoms with E-state index in [1.54, 1.807) is 12.1 Å². The number of aromatic hydroxyl groups is 1. The van der Waals surface area contributed by atoms with Gasteiger partial charge >= 0.3 is 6.03 Å². The van der Waals surface area contributed by atoms with E-state index in [4.69, 9.17) is 0 Å². The molecule has 3 rings (SSSR count). The minimum Gasteiger partial charge on any atom is -0.508 e. The van der Waals surface area contributed by atoms with Crippen LogP contribution in [0.3, 0.4) is 0 Å². The molecule has 1 aliphatic heterocycles. The number of carbonyl (C=O) groups is 2. The molecule has 0 radical (unpaired) electrons. The number of halogens is 1. The van der Waals surface area contributed by atoms with E-state index in [1.165, 1.54) is 36.4 Å². The molecule has 7 heteroatoms. The zero-order valence-corrected chi connectivity index (χ0v) is 13.1. The number of urea groups is 1. The van der Waals surface area contributed by atoms with Gasteiger partial charge < -0.3 is 21.1 Å². The number of phenols is 1. The molecular formula is C18H16FN3O3. The summed E-state index contributed by atoms with van der Waals surface area (Å²) in [7, 11) is 0. The molecule has 128 valence electrons. The van der Waals surface area contributed by atoms with Crippen molar-refractivity contribution in [2.24, 2.45) is 5.92 Å². The van der Waals surface area contributed by atoms with Gasteiger partial charge in [0, 0.05) is 11.4 Å². The van der Waals surface area contributed by atoms with Gasteiger partial charge in [-0.3, -0.25) is 4.79 Å². The van der Waals surface area contributed by atoms with Crippen molar-refractivity contribution in [1.29, 1.82) is 0 Å². The highest BCUT2D eigenvalue weighted by atomic mass is 19.1. The second-order valence-electron chi connectivity index (χ2n) is 5.67. The maximum atomic E-state index is 13.0. The van der Waals surface area contributed by atoms with Crippen LogP contribution in [0.1, 0.15) is 11.6 Å². The van der Waals surface area contributed by atoms with E-state index in [9.17, 15) is 19.1 Å². The predicted molar refractivity (Wildman–Crippen MR) is 90.2 cm³/mol. The van der Waals surface area contributed by atoms with Crippen LogP contribution in [0.25, 0.3) is 0 Å². The molecule has 2 aromatic rings. The van der Waals surface area contributed by atoms with E-state index in [0.717, 1.165) is 0 Å². The van der Waals surface area contributed by atoms with Gasteiger partial charge in [0.05, 0.1) is 6.04 Å². The second-order valence-corrected chi connectivity index (χ2v) is 5.67. The summed E-state index contributed by atoms with van der Waals surface area (Å²) in [5.74, 6) is -1.62. The molecule has 2 atom stereocenters. The number of hydrogen-bond donors (Lipinski definition) is 4. The number of amides is 3. The van der Waals surface area contributed by atoms with Gasteiger partial charge in [-0.1, -0.05) is 18.7 Å². The maximum Gasteiger partial charge on any atom is 0.319 e. The van der Waals surface area contributed by atoms with Crippen LogP contribution in [0.15, 0.2) is 60.8 Å². The topological polar surface area (TPSA) is 90.5 Å². The van der Waals surface area contributed by atoms with Gasteiger partial charge in [0.25, 0.3) is 0 Å². The Kier molecular flexibility index (Phi) is 4.38. The van der Waals surface area contributed by atoms with Crippen molar-refractivity contribution >= 4 is 17.6 Å². The van der Waals surface area contributed by atoms with Crippen LogP contribution in [0.4, 0.5) is 14.9 Å². The standard InChI is InChI=1S/C18H16FN3O3/c1-10-15(17(24)21-13-7-5-12(19)6-8-13)16(22-18(25)20-10)11-3-2-4-14(23)9-11/h2-9,15-16,23H,1H2,(H,21,24)(H2,20,22,25)/t15-,16-/m0/s1. The summed E-state index contributed by atoms with van der Waals surface area (Å²) in [4.78, 5) is 24.5. The first-order chi connectivity index (χ1) is 11.9. The van der Waals surface area contributed by atoms with Crippen molar-refractivity contribution in [1.82, 2.24) is 10.6 Å². The summed E-state index contributed by atoms with van der Waals surface area (Å²) in [5, 5.41) is 17.5. The van der Waals surface area contributed by atoms with Crippen molar-refractivity contribution in [3.05, 3.63) is 72.2 Å². The Balaban J connectivity index is 1.89. The van der Waals surface area contributed by atoms with Crippen molar-refractivity contribution < 1.29 is 19.1 Å². The Morgan fingerprint density at radius 1 is 1.20 bits per heavy atom. The van der Waals surface area contributed by atoms with Crippen molar-refractivity contribution in [3.63, 3.8) is 0 Å². The summed E-state index contributed by atoms with van der Waals surface area (Å²) in [6.45, 7) is 3.77. The summed E-state index contributed by atoms with van der Waals surface area (Å²) >= 11 is 0. The Bertz CT molecular complexity index is 836. The Morgan fingerprint density at radius 2 is 1.92 bits per heavy atom. The first kappa shape index (κ1) is 16.5. The van der Waals surface area contributed by atoms with E-state index in [2.05, 4.69) is 22.5 Å². The zero-order chi connectivity index (χ0) is 18.0. The van der Waals surface area contributed by atoms with E-state index < -0.39 is 29.7 Å². The number of rotatable bonds is 3. The van der Waals surface area contributed by atoms with Gasteiger partial charge in [0.2, 0.25) is 5.91 Å². The van der Waals surface area contributed by atoms with Gasteiger partial charge in [0.1, 0.15) is 17.5 Å². The lowest BCUT2D eigenvalue weighted by atomic mass is 9.88. The monoisotopic (exact) mass is 341 g/mol. The third kappa shape index (κ3) is 3.60. The lowest BCUT2D eigenvalue weighted by Gasteiger charge is -2.33. The average Bonchev–Trinajstić information content (AvgIpc) is 2.56. The molecule has 0 saturated carbocycles. The molecule has 6 nitrogen and oxygen atoms in total. The summed E-state index contributed by atoms with van der Waals surface area (Å²) in [6.07, 6.45) is 0. The lowest BCUT2D eigenvalue weighted by molar-refractivity contribution is -0.119. The van der Waals surface area contributed by atoms with Crippen molar-refractivity contribution in [2.45, 2.75) is 6.04 Å². The average molecular weight is 341 g/mol. The van der Waals surface area contributed by atoms with E-state index >= 15 is 0 Å². The molecule has 25 heavy (non-hydrogen) atoms. The quantitative estimate of drug-likeness (QED) is 0.692. The lowest BCUT2D eigenvalue weighted by Crippen LogP contribution is -2.51. The van der Waals surface area contributed by atoms with Crippen LogP contribution in [0, 0.1) is 11.7 Å². The van der Waals surface area contributed by atoms with Crippen LogP contribution in [0.5, 0.6) is 5.75 Å². The molecule has 1 fully saturated rings. The highest BCUT2D eigenvalue weighted by molar-refractivity contribution is 5.97. The van der Waals surface area contributed by atoms with E-state index in [1.807, 2.05) is 0 Å². The number of phenolic OH excluding ortho intramolecular Hbond substituents is 1.